The number of aromatic nitrogens is 4. The third kappa shape index (κ3) is 12.3. The molecule has 4 heterocycles. The second-order valence-corrected chi connectivity index (χ2v) is 18.5. The molecule has 7 rings (SSSR count). The molecule has 0 spiro atoms. The van der Waals surface area contributed by atoms with Crippen LogP contribution >= 0.6 is 38.8 Å². The van der Waals surface area contributed by atoms with Crippen LogP contribution in [0.15, 0.2) is 112 Å². The molecule has 8 atom stereocenters. The Hall–Kier alpha value is -5.46. The van der Waals surface area contributed by atoms with Crippen molar-refractivity contribution in [2.75, 3.05) is 25.1 Å². The van der Waals surface area contributed by atoms with Gasteiger partial charge in [0.25, 0.3) is 11.5 Å². The number of rotatable bonds is 19. The molecule has 2 aliphatic heterocycles. The Bertz CT molecular complexity index is 2830. The molecule has 0 saturated carbocycles. The molecule has 0 unspecified atom stereocenters. The van der Waals surface area contributed by atoms with E-state index in [1.54, 1.807) is 30.3 Å². The first-order valence-corrected chi connectivity index (χ1v) is 23.6. The fourth-order valence-electron chi connectivity index (χ4n) is 6.66. The number of aromatic amines is 1. The van der Waals surface area contributed by atoms with Gasteiger partial charge in [-0.15, -0.1) is 0 Å². The zero-order valence-corrected chi connectivity index (χ0v) is 37.8. The average Bonchev–Trinajstić information content (AvgIpc) is 3.88. The molecular formula is C41H40Cl2N6O15P2. The monoisotopic (exact) mass is 988 g/mol. The number of carbonyl (C=O) groups excluding carboxylic acids is 1. The Labute approximate surface area is 384 Å². The van der Waals surface area contributed by atoms with E-state index in [0.717, 1.165) is 9.13 Å². The van der Waals surface area contributed by atoms with Crippen molar-refractivity contribution in [1.29, 1.82) is 5.26 Å². The number of phosphoric ester groups is 2. The van der Waals surface area contributed by atoms with E-state index in [-0.39, 0.29) is 48.7 Å². The molecule has 66 heavy (non-hydrogen) atoms. The summed E-state index contributed by atoms with van der Waals surface area (Å²) >= 11 is 12.1. The van der Waals surface area contributed by atoms with E-state index in [9.17, 15) is 38.7 Å². The third-order valence-electron chi connectivity index (χ3n) is 9.87. The van der Waals surface area contributed by atoms with Gasteiger partial charge in [0.1, 0.15) is 54.2 Å². The van der Waals surface area contributed by atoms with Crippen molar-refractivity contribution >= 4 is 50.6 Å². The Morgan fingerprint density at radius 1 is 0.864 bits per heavy atom. The number of phosphoric acid groups is 2. The second-order valence-electron chi connectivity index (χ2n) is 14.5. The topological polar surface area (TPSA) is 271 Å². The lowest BCUT2D eigenvalue weighted by Gasteiger charge is -2.27. The minimum Gasteiger partial charge on any atom is -0.404 e. The molecule has 0 aliphatic carbocycles. The minimum atomic E-state index is -4.88. The van der Waals surface area contributed by atoms with Gasteiger partial charge in [0.2, 0.25) is 0 Å². The molecular weight excluding hydrogens is 949 g/mol. The maximum absolute atomic E-state index is 14.8. The number of aliphatic hydroxyl groups is 1. The van der Waals surface area contributed by atoms with E-state index in [1.165, 1.54) is 73.9 Å². The van der Waals surface area contributed by atoms with Gasteiger partial charge in [-0.05, 0) is 73.7 Å². The smallest absolute Gasteiger partial charge is 0.404 e. The molecule has 348 valence electrons. The largest absolute Gasteiger partial charge is 0.530 e. The van der Waals surface area contributed by atoms with Crippen LogP contribution in [0.5, 0.6) is 11.5 Å². The summed E-state index contributed by atoms with van der Waals surface area (Å²) in [6.45, 7) is -0.324. The Balaban J connectivity index is 1.14. The molecule has 21 nitrogen and oxygen atoms in total. The number of halogens is 2. The van der Waals surface area contributed by atoms with E-state index in [4.69, 9.17) is 59.8 Å². The number of carbonyl (C=O) groups is 1. The van der Waals surface area contributed by atoms with Gasteiger partial charge in [-0.2, -0.15) is 10.2 Å². The third-order valence-corrected chi connectivity index (χ3v) is 13.3. The highest BCUT2D eigenvalue weighted by molar-refractivity contribution is 7.49. The van der Waals surface area contributed by atoms with Crippen LogP contribution < -0.4 is 31.3 Å². The van der Waals surface area contributed by atoms with Gasteiger partial charge in [0, 0.05) is 46.4 Å². The van der Waals surface area contributed by atoms with Gasteiger partial charge in [0.05, 0.1) is 32.3 Å². The molecule has 2 fully saturated rings. The van der Waals surface area contributed by atoms with E-state index < -0.39 is 88.6 Å². The first kappa shape index (κ1) is 48.5. The number of hydrogen-bond donors (Lipinski definition) is 3. The lowest BCUT2D eigenvalue weighted by Crippen LogP contribution is -2.33. The fraction of sp³-hybridized carbons (Fsp3) is 0.317. The van der Waals surface area contributed by atoms with Crippen LogP contribution in [0, 0.1) is 18.3 Å². The van der Waals surface area contributed by atoms with Crippen LogP contribution in [-0.2, 0) is 36.7 Å². The van der Waals surface area contributed by atoms with Crippen molar-refractivity contribution in [3.63, 3.8) is 0 Å². The number of benzene rings is 3. The first-order valence-electron chi connectivity index (χ1n) is 20.0. The number of nitriles is 1. The average molecular weight is 990 g/mol. The van der Waals surface area contributed by atoms with Crippen molar-refractivity contribution < 1.29 is 55.6 Å². The summed E-state index contributed by atoms with van der Waals surface area (Å²) in [4.78, 5) is 57.3. The highest BCUT2D eigenvalue weighted by atomic mass is 35.5. The van der Waals surface area contributed by atoms with Crippen LogP contribution in [0.1, 0.15) is 47.6 Å². The number of H-pyrrole nitrogens is 1. The highest BCUT2D eigenvalue weighted by Crippen LogP contribution is 2.56. The van der Waals surface area contributed by atoms with Crippen molar-refractivity contribution in [1.82, 2.24) is 19.1 Å². The normalized spacial score (nSPS) is 22.2. The second kappa shape index (κ2) is 21.4. The Morgan fingerprint density at radius 3 is 2.03 bits per heavy atom. The van der Waals surface area contributed by atoms with Crippen LogP contribution in [0.25, 0.3) is 0 Å². The van der Waals surface area contributed by atoms with Gasteiger partial charge >= 0.3 is 27.0 Å². The summed E-state index contributed by atoms with van der Waals surface area (Å²) in [7, 11) is -9.54. The molecule has 5 aromatic rings. The van der Waals surface area contributed by atoms with Crippen LogP contribution in [0.2, 0.25) is 10.0 Å². The zero-order valence-electron chi connectivity index (χ0n) is 34.5. The summed E-state index contributed by atoms with van der Waals surface area (Å²) in [6, 6.07) is 22.9. The molecule has 0 radical (unpaired) electrons. The molecule has 3 N–H and O–H groups in total. The standard InChI is InChI=1S/C41H40Cl2N6O15P2/c1-25-22-49(41(54)47-38(25)51)37-21-32(64-65(55,57-19-5-17-44)61-29-12-8-27(42)9-13-29)34(60-37)24-58-66(56,62-30-14-10-28(43)11-15-30)63-31-20-36(59-33(31)23-50)48-18-16-35(46-40(48)53)45-39(52)26-6-3-2-4-7-26/h2-4,6-16,18,22,31-34,36-37,50H,5,19-21,23-24H2,1H3,(H,47,51,54)(H,45,46,52,53)/t31-,32+,33-,34+,36-,37+,65-,66-/m1/s1. The maximum Gasteiger partial charge on any atom is 0.530 e. The number of nitrogens with one attached hydrogen (secondary N) is 2. The van der Waals surface area contributed by atoms with Gasteiger partial charge < -0.3 is 28.9 Å². The molecule has 1 amide bonds. The number of amides is 1. The van der Waals surface area contributed by atoms with E-state index in [0.29, 0.717) is 15.6 Å². The number of aryl methyl sites for hydroxylation is 1. The predicted octanol–water partition coefficient (Wildman–Crippen LogP) is 6.32. The fourth-order valence-corrected chi connectivity index (χ4v) is 9.74. The number of nitrogens with zero attached hydrogens (tertiary/aromatic N) is 4. The van der Waals surface area contributed by atoms with Crippen molar-refractivity contribution in [3.8, 4) is 17.6 Å². The number of aliphatic hydroxyl groups excluding tert-OH is 1. The lowest BCUT2D eigenvalue weighted by molar-refractivity contribution is -0.0567. The summed E-state index contributed by atoms with van der Waals surface area (Å²) in [5, 5.41) is 22.8. The summed E-state index contributed by atoms with van der Waals surface area (Å²) < 4.78 is 78.4. The lowest BCUT2D eigenvalue weighted by atomic mass is 10.2. The number of anilines is 1. The highest BCUT2D eigenvalue weighted by Gasteiger charge is 2.48. The van der Waals surface area contributed by atoms with Crippen molar-refractivity contribution in [3.05, 3.63) is 150 Å². The molecule has 3 aromatic carbocycles. The zero-order chi connectivity index (χ0) is 47.0. The quantitative estimate of drug-likeness (QED) is 0.0603. The number of hydrogen-bond acceptors (Lipinski definition) is 17. The van der Waals surface area contributed by atoms with Crippen LogP contribution in [0.3, 0.4) is 0 Å². The predicted molar refractivity (Wildman–Crippen MR) is 234 cm³/mol. The maximum atomic E-state index is 14.8. The molecule has 25 heteroatoms. The van der Waals surface area contributed by atoms with E-state index in [1.807, 2.05) is 6.07 Å². The molecule has 2 saturated heterocycles. The van der Waals surface area contributed by atoms with E-state index >= 15 is 0 Å². The summed E-state index contributed by atoms with van der Waals surface area (Å²) in [6.07, 6.45) is -5.60. The van der Waals surface area contributed by atoms with Gasteiger partial charge in [-0.1, -0.05) is 41.4 Å². The van der Waals surface area contributed by atoms with E-state index in [2.05, 4.69) is 15.3 Å². The Morgan fingerprint density at radius 2 is 1.44 bits per heavy atom. The van der Waals surface area contributed by atoms with Crippen molar-refractivity contribution in [2.45, 2.75) is 63.1 Å². The van der Waals surface area contributed by atoms with Crippen LogP contribution in [0.4, 0.5) is 5.82 Å². The number of ether oxygens (including phenoxy) is 2. The summed E-state index contributed by atoms with van der Waals surface area (Å²) in [5.74, 6) is -0.551. The first-order chi connectivity index (χ1) is 31.6. The van der Waals surface area contributed by atoms with Gasteiger partial charge in [-0.3, -0.25) is 41.8 Å². The van der Waals surface area contributed by atoms with Crippen molar-refractivity contribution in [2.24, 2.45) is 0 Å². The minimum absolute atomic E-state index is 0.0176. The molecule has 0 bridgehead atoms. The Kier molecular flexibility index (Phi) is 15.8. The molecule has 2 aliphatic rings. The SMILES string of the molecule is Cc1cn([C@@H]2C[C@H](O[P@](=O)(OCCC#N)Oc3ccc(Cl)cc3)[C@H](CO[P@](=O)(Oc3ccc(Cl)cc3)O[C@@H]3C[C@H](n4ccc(NC(=O)c5ccccc5)nc4=O)O[C@@H]3CO)O2)c(=O)[nH]c1=O. The van der Waals surface area contributed by atoms with Gasteiger partial charge in [0.15, 0.2) is 0 Å². The van der Waals surface area contributed by atoms with Gasteiger partial charge in [-0.25, -0.2) is 18.7 Å². The molecule has 2 aromatic heterocycles. The summed E-state index contributed by atoms with van der Waals surface area (Å²) in [5.41, 5.74) is -1.83. The van der Waals surface area contributed by atoms with Crippen LogP contribution in [-0.4, -0.2) is 74.4 Å².